The van der Waals surface area contributed by atoms with Gasteiger partial charge in [-0.25, -0.2) is 0 Å². The average Bonchev–Trinajstić information content (AvgIpc) is 2.78. The quantitative estimate of drug-likeness (QED) is 0.877. The first kappa shape index (κ1) is 12.8. The van der Waals surface area contributed by atoms with Crippen molar-refractivity contribution in [3.05, 3.63) is 53.2 Å². The van der Waals surface area contributed by atoms with Gasteiger partial charge in [-0.15, -0.1) is 0 Å². The van der Waals surface area contributed by atoms with Gasteiger partial charge in [-0.05, 0) is 43.7 Å². The molecule has 0 saturated carbocycles. The normalized spacial score (nSPS) is 12.6. The molecule has 0 aliphatic heterocycles. The molecule has 0 aromatic carbocycles. The fourth-order valence-electron chi connectivity index (χ4n) is 2.07. The van der Waals surface area contributed by atoms with E-state index in [1.807, 2.05) is 12.3 Å². The number of furan rings is 1. The van der Waals surface area contributed by atoms with Gasteiger partial charge in [0.1, 0.15) is 5.76 Å². The monoisotopic (exact) mass is 244 g/mol. The predicted molar refractivity (Wildman–Crippen MR) is 72.5 cm³/mol. The van der Waals surface area contributed by atoms with Crippen LogP contribution in [0.1, 0.15) is 35.5 Å². The van der Waals surface area contributed by atoms with E-state index in [1.54, 1.807) is 6.26 Å². The topological polar surface area (TPSA) is 38.1 Å². The highest BCUT2D eigenvalue weighted by Crippen LogP contribution is 2.22. The summed E-state index contributed by atoms with van der Waals surface area (Å²) >= 11 is 0. The molecule has 0 amide bonds. The summed E-state index contributed by atoms with van der Waals surface area (Å²) in [7, 11) is 0. The van der Waals surface area contributed by atoms with Gasteiger partial charge in [0, 0.05) is 18.3 Å². The van der Waals surface area contributed by atoms with Crippen LogP contribution in [0.2, 0.25) is 0 Å². The first-order valence-corrected chi connectivity index (χ1v) is 6.39. The Bertz CT molecular complexity index is 487. The molecule has 0 saturated heterocycles. The minimum absolute atomic E-state index is 0.195. The van der Waals surface area contributed by atoms with Crippen LogP contribution in [0.15, 0.2) is 35.1 Å². The fourth-order valence-corrected chi connectivity index (χ4v) is 2.07. The molecule has 2 aromatic heterocycles. The van der Waals surface area contributed by atoms with Gasteiger partial charge < -0.3 is 9.73 Å². The Morgan fingerprint density at radius 1 is 1.28 bits per heavy atom. The van der Waals surface area contributed by atoms with Crippen LogP contribution >= 0.6 is 0 Å². The second kappa shape index (κ2) is 5.83. The van der Waals surface area contributed by atoms with Crippen molar-refractivity contribution in [3.8, 4) is 0 Å². The summed E-state index contributed by atoms with van der Waals surface area (Å²) in [5.41, 5.74) is 3.46. The zero-order valence-corrected chi connectivity index (χ0v) is 11.2. The number of nitrogens with one attached hydrogen (secondary N) is 1. The molecule has 96 valence electrons. The van der Waals surface area contributed by atoms with Crippen LogP contribution in [0.25, 0.3) is 0 Å². The SMILES string of the molecule is CCNC(Cc1ccc(C)cn1)c1occc1C. The zero-order valence-electron chi connectivity index (χ0n) is 11.2. The second-order valence-electron chi connectivity index (χ2n) is 4.61. The molecule has 1 unspecified atom stereocenters. The fraction of sp³-hybridized carbons (Fsp3) is 0.400. The number of aromatic nitrogens is 1. The Balaban J connectivity index is 2.16. The maximum Gasteiger partial charge on any atom is 0.123 e. The van der Waals surface area contributed by atoms with Gasteiger partial charge in [-0.2, -0.15) is 0 Å². The lowest BCUT2D eigenvalue weighted by molar-refractivity contribution is 0.411. The van der Waals surface area contributed by atoms with Crippen molar-refractivity contribution in [3.63, 3.8) is 0 Å². The molecule has 18 heavy (non-hydrogen) atoms. The van der Waals surface area contributed by atoms with Gasteiger partial charge in [0.25, 0.3) is 0 Å². The number of rotatable bonds is 5. The Labute approximate surface area is 108 Å². The van der Waals surface area contributed by atoms with Crippen molar-refractivity contribution in [1.82, 2.24) is 10.3 Å². The summed E-state index contributed by atoms with van der Waals surface area (Å²) in [5, 5.41) is 3.46. The lowest BCUT2D eigenvalue weighted by Gasteiger charge is -2.16. The second-order valence-corrected chi connectivity index (χ2v) is 4.61. The van der Waals surface area contributed by atoms with Crippen LogP contribution in [-0.2, 0) is 6.42 Å². The molecule has 2 aromatic rings. The van der Waals surface area contributed by atoms with E-state index in [4.69, 9.17) is 4.42 Å². The molecular formula is C15H20N2O. The van der Waals surface area contributed by atoms with Crippen molar-refractivity contribution < 1.29 is 4.42 Å². The number of hydrogen-bond acceptors (Lipinski definition) is 3. The largest absolute Gasteiger partial charge is 0.467 e. The molecule has 0 bridgehead atoms. The van der Waals surface area contributed by atoms with Crippen LogP contribution in [0, 0.1) is 13.8 Å². The Morgan fingerprint density at radius 2 is 2.11 bits per heavy atom. The molecule has 0 radical (unpaired) electrons. The molecule has 2 heterocycles. The molecule has 0 fully saturated rings. The third-order valence-corrected chi connectivity index (χ3v) is 3.05. The van der Waals surface area contributed by atoms with Crippen molar-refractivity contribution in [1.29, 1.82) is 0 Å². The molecule has 1 atom stereocenters. The summed E-state index contributed by atoms with van der Waals surface area (Å²) in [6.45, 7) is 7.14. The maximum atomic E-state index is 5.58. The minimum atomic E-state index is 0.195. The zero-order chi connectivity index (χ0) is 13.0. The van der Waals surface area contributed by atoms with Crippen molar-refractivity contribution in [2.45, 2.75) is 33.2 Å². The number of hydrogen-bond donors (Lipinski definition) is 1. The Hall–Kier alpha value is -1.61. The molecule has 0 aliphatic rings. The molecule has 3 heteroatoms. The highest BCUT2D eigenvalue weighted by atomic mass is 16.3. The number of aryl methyl sites for hydroxylation is 2. The average molecular weight is 244 g/mol. The molecular weight excluding hydrogens is 224 g/mol. The van der Waals surface area contributed by atoms with E-state index in [2.05, 4.69) is 43.2 Å². The van der Waals surface area contributed by atoms with Crippen LogP contribution in [0.3, 0.4) is 0 Å². The van der Waals surface area contributed by atoms with Crippen LogP contribution in [-0.4, -0.2) is 11.5 Å². The number of nitrogens with zero attached hydrogens (tertiary/aromatic N) is 1. The highest BCUT2D eigenvalue weighted by molar-refractivity contribution is 5.21. The van der Waals surface area contributed by atoms with Gasteiger partial charge in [0.05, 0.1) is 12.3 Å². The molecule has 0 spiro atoms. The Kier molecular flexibility index (Phi) is 4.15. The predicted octanol–water partition coefficient (Wildman–Crippen LogP) is 3.18. The summed E-state index contributed by atoms with van der Waals surface area (Å²) in [6.07, 6.45) is 4.51. The molecule has 0 aliphatic carbocycles. The molecule has 1 N–H and O–H groups in total. The van der Waals surface area contributed by atoms with Crippen molar-refractivity contribution in [2.75, 3.05) is 6.54 Å². The maximum absolute atomic E-state index is 5.58. The van der Waals surface area contributed by atoms with E-state index in [9.17, 15) is 0 Å². The van der Waals surface area contributed by atoms with E-state index in [1.165, 1.54) is 11.1 Å². The molecule has 2 rings (SSSR count). The van der Waals surface area contributed by atoms with Gasteiger partial charge in [-0.3, -0.25) is 4.98 Å². The van der Waals surface area contributed by atoms with Crippen LogP contribution in [0.4, 0.5) is 0 Å². The first-order chi connectivity index (χ1) is 8.70. The number of likely N-dealkylation sites (N-methyl/N-ethyl adjacent to an activating group) is 1. The van der Waals surface area contributed by atoms with Gasteiger partial charge in [0.2, 0.25) is 0 Å². The third kappa shape index (κ3) is 2.99. The van der Waals surface area contributed by atoms with Crippen molar-refractivity contribution in [2.24, 2.45) is 0 Å². The lowest BCUT2D eigenvalue weighted by Crippen LogP contribution is -2.23. The number of pyridine rings is 1. The van der Waals surface area contributed by atoms with E-state index < -0.39 is 0 Å². The van der Waals surface area contributed by atoms with Gasteiger partial charge >= 0.3 is 0 Å². The van der Waals surface area contributed by atoms with Crippen molar-refractivity contribution >= 4 is 0 Å². The standard InChI is InChI=1S/C15H20N2O/c1-4-16-14(15-12(3)7-8-18-15)9-13-6-5-11(2)10-17-13/h5-8,10,14,16H,4,9H2,1-3H3. The van der Waals surface area contributed by atoms with E-state index in [0.717, 1.165) is 24.4 Å². The highest BCUT2D eigenvalue weighted by Gasteiger charge is 2.17. The van der Waals surface area contributed by atoms with Crippen LogP contribution in [0.5, 0.6) is 0 Å². The minimum Gasteiger partial charge on any atom is -0.467 e. The summed E-state index contributed by atoms with van der Waals surface area (Å²) in [4.78, 5) is 4.46. The smallest absolute Gasteiger partial charge is 0.123 e. The third-order valence-electron chi connectivity index (χ3n) is 3.05. The van der Waals surface area contributed by atoms with Crippen LogP contribution < -0.4 is 5.32 Å². The summed E-state index contributed by atoms with van der Waals surface area (Å²) in [5.74, 6) is 1.01. The van der Waals surface area contributed by atoms with E-state index in [0.29, 0.717) is 0 Å². The van der Waals surface area contributed by atoms with Gasteiger partial charge in [-0.1, -0.05) is 13.0 Å². The summed E-state index contributed by atoms with van der Waals surface area (Å²) < 4.78 is 5.58. The molecule has 3 nitrogen and oxygen atoms in total. The van der Waals surface area contributed by atoms with E-state index >= 15 is 0 Å². The lowest BCUT2D eigenvalue weighted by atomic mass is 10.0. The summed E-state index contributed by atoms with van der Waals surface area (Å²) in [6, 6.07) is 6.38. The van der Waals surface area contributed by atoms with E-state index in [-0.39, 0.29) is 6.04 Å². The van der Waals surface area contributed by atoms with Gasteiger partial charge in [0.15, 0.2) is 0 Å². The Morgan fingerprint density at radius 3 is 2.67 bits per heavy atom. The first-order valence-electron chi connectivity index (χ1n) is 6.39.